The SMILES string of the molecule is CC(C)CC(C)(NCCC(N)=O)C(=O)O. The summed E-state index contributed by atoms with van der Waals surface area (Å²) in [5, 5.41) is 11.9. The standard InChI is InChI=1S/C10H20N2O3/c1-7(2)6-10(3,9(14)15)12-5-4-8(11)13/h7,12H,4-6H2,1-3H3,(H2,11,13)(H,14,15). The van der Waals surface area contributed by atoms with Crippen molar-refractivity contribution in [1.82, 2.24) is 5.32 Å². The van der Waals surface area contributed by atoms with E-state index < -0.39 is 17.4 Å². The first-order chi connectivity index (χ1) is 6.78. The number of hydrogen-bond acceptors (Lipinski definition) is 3. The minimum absolute atomic E-state index is 0.154. The Hall–Kier alpha value is -1.10. The molecule has 0 aromatic carbocycles. The molecule has 0 rings (SSSR count). The van der Waals surface area contributed by atoms with Gasteiger partial charge in [0.25, 0.3) is 0 Å². The van der Waals surface area contributed by atoms with Gasteiger partial charge in [0.15, 0.2) is 0 Å². The summed E-state index contributed by atoms with van der Waals surface area (Å²) in [6, 6.07) is 0. The molecule has 4 N–H and O–H groups in total. The highest BCUT2D eigenvalue weighted by atomic mass is 16.4. The van der Waals surface area contributed by atoms with E-state index in [0.29, 0.717) is 13.0 Å². The molecule has 1 amide bonds. The van der Waals surface area contributed by atoms with Crippen LogP contribution in [0.2, 0.25) is 0 Å². The number of carbonyl (C=O) groups excluding carboxylic acids is 1. The maximum absolute atomic E-state index is 11.1. The Kier molecular flexibility index (Phi) is 5.28. The van der Waals surface area contributed by atoms with Gasteiger partial charge >= 0.3 is 5.97 Å². The lowest BCUT2D eigenvalue weighted by Gasteiger charge is -2.27. The van der Waals surface area contributed by atoms with Crippen LogP contribution in [0.5, 0.6) is 0 Å². The number of carbonyl (C=O) groups is 2. The van der Waals surface area contributed by atoms with E-state index in [1.54, 1.807) is 6.92 Å². The summed E-state index contributed by atoms with van der Waals surface area (Å²) < 4.78 is 0. The minimum Gasteiger partial charge on any atom is -0.480 e. The number of aliphatic carboxylic acids is 1. The smallest absolute Gasteiger partial charge is 0.323 e. The summed E-state index contributed by atoms with van der Waals surface area (Å²) in [6.45, 7) is 5.83. The maximum atomic E-state index is 11.1. The van der Waals surface area contributed by atoms with Gasteiger partial charge in [0.05, 0.1) is 0 Å². The van der Waals surface area contributed by atoms with Crippen LogP contribution in [0.1, 0.15) is 33.6 Å². The van der Waals surface area contributed by atoms with Gasteiger partial charge in [-0.25, -0.2) is 0 Å². The van der Waals surface area contributed by atoms with Gasteiger partial charge in [-0.15, -0.1) is 0 Å². The van der Waals surface area contributed by atoms with Gasteiger partial charge in [0, 0.05) is 13.0 Å². The van der Waals surface area contributed by atoms with Crippen molar-refractivity contribution in [1.29, 1.82) is 0 Å². The average Bonchev–Trinajstić information content (AvgIpc) is 2.01. The van der Waals surface area contributed by atoms with Crippen LogP contribution in [0, 0.1) is 5.92 Å². The molecule has 0 heterocycles. The number of nitrogens with one attached hydrogen (secondary N) is 1. The zero-order chi connectivity index (χ0) is 12.1. The summed E-state index contributed by atoms with van der Waals surface area (Å²) in [7, 11) is 0. The van der Waals surface area contributed by atoms with Crippen molar-refractivity contribution >= 4 is 11.9 Å². The number of amides is 1. The van der Waals surface area contributed by atoms with Crippen LogP contribution in [0.3, 0.4) is 0 Å². The van der Waals surface area contributed by atoms with Gasteiger partial charge in [-0.2, -0.15) is 0 Å². The van der Waals surface area contributed by atoms with Crippen LogP contribution >= 0.6 is 0 Å². The second-order valence-electron chi connectivity index (χ2n) is 4.38. The monoisotopic (exact) mass is 216 g/mol. The average molecular weight is 216 g/mol. The first-order valence-electron chi connectivity index (χ1n) is 5.04. The van der Waals surface area contributed by atoms with E-state index in [9.17, 15) is 9.59 Å². The highest BCUT2D eigenvalue weighted by molar-refractivity contribution is 5.78. The summed E-state index contributed by atoms with van der Waals surface area (Å²) in [5.41, 5.74) is 3.99. The van der Waals surface area contributed by atoms with Crippen LogP contribution in [-0.4, -0.2) is 29.1 Å². The fraction of sp³-hybridized carbons (Fsp3) is 0.800. The number of carboxylic acid groups (broad SMARTS) is 1. The van der Waals surface area contributed by atoms with E-state index in [4.69, 9.17) is 10.8 Å². The minimum atomic E-state index is -0.983. The largest absolute Gasteiger partial charge is 0.480 e. The molecule has 0 radical (unpaired) electrons. The third-order valence-corrected chi connectivity index (χ3v) is 2.18. The van der Waals surface area contributed by atoms with Crippen molar-refractivity contribution in [3.05, 3.63) is 0 Å². The second-order valence-corrected chi connectivity index (χ2v) is 4.38. The van der Waals surface area contributed by atoms with E-state index in [1.807, 2.05) is 13.8 Å². The lowest BCUT2D eigenvalue weighted by molar-refractivity contribution is -0.145. The molecule has 0 aromatic heterocycles. The van der Waals surface area contributed by atoms with E-state index in [0.717, 1.165) is 0 Å². The normalized spacial score (nSPS) is 14.9. The predicted octanol–water partition coefficient (Wildman–Crippen LogP) is 0.341. The summed E-state index contributed by atoms with van der Waals surface area (Å²) >= 11 is 0. The predicted molar refractivity (Wildman–Crippen MR) is 57.3 cm³/mol. The number of rotatable bonds is 7. The molecule has 0 bridgehead atoms. The highest BCUT2D eigenvalue weighted by Crippen LogP contribution is 2.16. The van der Waals surface area contributed by atoms with Gasteiger partial charge in [-0.05, 0) is 19.3 Å². The molecule has 88 valence electrons. The molecule has 0 spiro atoms. The number of primary amides is 1. The first-order valence-corrected chi connectivity index (χ1v) is 5.04. The Labute approximate surface area is 90.0 Å². The molecule has 1 unspecified atom stereocenters. The molecule has 0 aromatic rings. The molecule has 15 heavy (non-hydrogen) atoms. The zero-order valence-electron chi connectivity index (χ0n) is 9.54. The quantitative estimate of drug-likeness (QED) is 0.572. The van der Waals surface area contributed by atoms with Crippen LogP contribution in [0.25, 0.3) is 0 Å². The topological polar surface area (TPSA) is 92.4 Å². The van der Waals surface area contributed by atoms with Crippen molar-refractivity contribution in [3.8, 4) is 0 Å². The van der Waals surface area contributed by atoms with Crippen LogP contribution in [0.15, 0.2) is 0 Å². The maximum Gasteiger partial charge on any atom is 0.323 e. The molecule has 0 saturated heterocycles. The molecular formula is C10H20N2O3. The second kappa shape index (κ2) is 5.70. The molecule has 5 heteroatoms. The first kappa shape index (κ1) is 13.9. The summed E-state index contributed by atoms with van der Waals surface area (Å²) in [6.07, 6.45) is 0.669. The number of hydrogen-bond donors (Lipinski definition) is 3. The fourth-order valence-electron chi connectivity index (χ4n) is 1.51. The van der Waals surface area contributed by atoms with Crippen LogP contribution in [-0.2, 0) is 9.59 Å². The molecule has 0 aliphatic heterocycles. The van der Waals surface area contributed by atoms with Gasteiger partial charge in [0.2, 0.25) is 5.91 Å². The third kappa shape index (κ3) is 5.37. The van der Waals surface area contributed by atoms with E-state index in [-0.39, 0.29) is 12.3 Å². The Morgan fingerprint density at radius 3 is 2.33 bits per heavy atom. The Morgan fingerprint density at radius 1 is 1.47 bits per heavy atom. The molecular weight excluding hydrogens is 196 g/mol. The molecule has 0 saturated carbocycles. The molecule has 5 nitrogen and oxygen atoms in total. The van der Waals surface area contributed by atoms with Crippen molar-refractivity contribution in [3.63, 3.8) is 0 Å². The highest BCUT2D eigenvalue weighted by Gasteiger charge is 2.32. The summed E-state index contributed by atoms with van der Waals surface area (Å²) in [4.78, 5) is 21.6. The Morgan fingerprint density at radius 2 is 2.00 bits per heavy atom. The van der Waals surface area contributed by atoms with Gasteiger partial charge in [0.1, 0.15) is 5.54 Å². The molecule has 0 aliphatic rings. The molecule has 1 atom stereocenters. The molecule has 0 aliphatic carbocycles. The lowest BCUT2D eigenvalue weighted by atomic mass is 9.90. The van der Waals surface area contributed by atoms with Crippen molar-refractivity contribution in [2.45, 2.75) is 39.2 Å². The summed E-state index contributed by atoms with van der Waals surface area (Å²) in [5.74, 6) is -1.06. The Bertz CT molecular complexity index is 241. The van der Waals surface area contributed by atoms with Crippen molar-refractivity contribution in [2.24, 2.45) is 11.7 Å². The van der Waals surface area contributed by atoms with Gasteiger partial charge < -0.3 is 16.2 Å². The van der Waals surface area contributed by atoms with E-state index >= 15 is 0 Å². The third-order valence-electron chi connectivity index (χ3n) is 2.18. The lowest BCUT2D eigenvalue weighted by Crippen LogP contribution is -2.51. The number of nitrogens with two attached hydrogens (primary N) is 1. The van der Waals surface area contributed by atoms with Crippen molar-refractivity contribution in [2.75, 3.05) is 6.54 Å². The number of carboxylic acids is 1. The van der Waals surface area contributed by atoms with Crippen LogP contribution < -0.4 is 11.1 Å². The van der Waals surface area contributed by atoms with Gasteiger partial charge in [-0.1, -0.05) is 13.8 Å². The van der Waals surface area contributed by atoms with Crippen molar-refractivity contribution < 1.29 is 14.7 Å². The van der Waals surface area contributed by atoms with Crippen LogP contribution in [0.4, 0.5) is 0 Å². The molecule has 0 fully saturated rings. The van der Waals surface area contributed by atoms with Gasteiger partial charge in [-0.3, -0.25) is 9.59 Å². The van der Waals surface area contributed by atoms with E-state index in [1.165, 1.54) is 0 Å². The zero-order valence-corrected chi connectivity index (χ0v) is 9.54. The Balaban J connectivity index is 4.26. The fourth-order valence-corrected chi connectivity index (χ4v) is 1.51. The van der Waals surface area contributed by atoms with E-state index in [2.05, 4.69) is 5.32 Å².